The van der Waals surface area contributed by atoms with E-state index in [1.807, 2.05) is 0 Å². The Morgan fingerprint density at radius 1 is 1.07 bits per heavy atom. The fraction of sp³-hybridized carbons (Fsp3) is 0.400. The van der Waals surface area contributed by atoms with Crippen molar-refractivity contribution in [1.29, 1.82) is 0 Å². The van der Waals surface area contributed by atoms with E-state index < -0.39 is 15.9 Å². The van der Waals surface area contributed by atoms with Crippen LogP contribution in [0.3, 0.4) is 0 Å². The Morgan fingerprint density at radius 3 is 2.38 bits per heavy atom. The molecule has 0 saturated heterocycles. The molecule has 1 N–H and O–H groups in total. The zero-order valence-electron chi connectivity index (χ0n) is 17.1. The van der Waals surface area contributed by atoms with E-state index in [0.29, 0.717) is 32.1 Å². The number of nitrogens with one attached hydrogen (secondary N) is 1. The topological polar surface area (TPSA) is 97.8 Å². The Hall–Kier alpha value is -2.65. The van der Waals surface area contributed by atoms with E-state index in [-0.39, 0.29) is 22.0 Å². The fourth-order valence-corrected chi connectivity index (χ4v) is 4.25. The standard InChI is InChI=1S/C20H27N3O5S/c1-5-23(6-2)29(25,26)15-11-12-18(27-7-3)17(14-15)22-19(24)16-10-9-13-21-20(16)28-8-4/h9-14H,5-8H2,1-4H3,(H,22,24). The average Bonchev–Trinajstić information content (AvgIpc) is 2.70. The largest absolute Gasteiger partial charge is 0.492 e. The zero-order chi connectivity index (χ0) is 21.4. The molecular formula is C20H27N3O5S. The Morgan fingerprint density at radius 2 is 1.76 bits per heavy atom. The molecule has 1 aromatic carbocycles. The van der Waals surface area contributed by atoms with Crippen LogP contribution in [0.2, 0.25) is 0 Å². The predicted molar refractivity (Wildman–Crippen MR) is 111 cm³/mol. The first kappa shape index (κ1) is 22.6. The molecule has 158 valence electrons. The number of amides is 1. The number of pyridine rings is 1. The van der Waals surface area contributed by atoms with Crippen LogP contribution in [-0.4, -0.2) is 49.9 Å². The number of nitrogens with zero attached hydrogens (tertiary/aromatic N) is 2. The van der Waals surface area contributed by atoms with Gasteiger partial charge < -0.3 is 14.8 Å². The summed E-state index contributed by atoms with van der Waals surface area (Å²) in [5.74, 6) is 0.110. The molecule has 0 aliphatic carbocycles. The SMILES string of the molecule is CCOc1ccc(S(=O)(=O)N(CC)CC)cc1NC(=O)c1cccnc1OCC. The number of hydrogen-bond donors (Lipinski definition) is 1. The lowest BCUT2D eigenvalue weighted by Crippen LogP contribution is -2.30. The number of rotatable bonds is 10. The van der Waals surface area contributed by atoms with Crippen LogP contribution in [-0.2, 0) is 10.0 Å². The monoisotopic (exact) mass is 421 g/mol. The first-order valence-electron chi connectivity index (χ1n) is 9.55. The third-order valence-electron chi connectivity index (χ3n) is 4.14. The maximum absolute atomic E-state index is 12.9. The van der Waals surface area contributed by atoms with E-state index in [1.54, 1.807) is 45.9 Å². The summed E-state index contributed by atoms with van der Waals surface area (Å²) in [6.45, 7) is 8.57. The van der Waals surface area contributed by atoms with Crippen molar-refractivity contribution < 1.29 is 22.7 Å². The van der Waals surface area contributed by atoms with Gasteiger partial charge in [0.2, 0.25) is 15.9 Å². The molecule has 9 heteroatoms. The van der Waals surface area contributed by atoms with Crippen molar-refractivity contribution in [3.05, 3.63) is 42.1 Å². The van der Waals surface area contributed by atoms with Gasteiger partial charge in [0.1, 0.15) is 11.3 Å². The summed E-state index contributed by atoms with van der Waals surface area (Å²) in [5.41, 5.74) is 0.505. The molecule has 0 atom stereocenters. The third-order valence-corrected chi connectivity index (χ3v) is 6.18. The van der Waals surface area contributed by atoms with Gasteiger partial charge in [-0.1, -0.05) is 13.8 Å². The summed E-state index contributed by atoms with van der Waals surface area (Å²) in [5, 5.41) is 2.73. The van der Waals surface area contributed by atoms with Crippen LogP contribution < -0.4 is 14.8 Å². The molecule has 0 saturated carbocycles. The van der Waals surface area contributed by atoms with Gasteiger partial charge in [-0.05, 0) is 44.2 Å². The quantitative estimate of drug-likeness (QED) is 0.633. The fourth-order valence-electron chi connectivity index (χ4n) is 2.77. The summed E-state index contributed by atoms with van der Waals surface area (Å²) in [6.07, 6.45) is 1.53. The van der Waals surface area contributed by atoms with Crippen LogP contribution in [0.5, 0.6) is 11.6 Å². The summed E-state index contributed by atoms with van der Waals surface area (Å²) in [4.78, 5) is 17.0. The van der Waals surface area contributed by atoms with E-state index in [0.717, 1.165) is 0 Å². The summed E-state index contributed by atoms with van der Waals surface area (Å²) in [7, 11) is -3.68. The summed E-state index contributed by atoms with van der Waals surface area (Å²) < 4.78 is 38.0. The highest BCUT2D eigenvalue weighted by atomic mass is 32.2. The first-order valence-corrected chi connectivity index (χ1v) is 11.0. The van der Waals surface area contributed by atoms with E-state index in [1.165, 1.54) is 22.6 Å². The van der Waals surface area contributed by atoms with Gasteiger partial charge in [0.15, 0.2) is 0 Å². The molecular weight excluding hydrogens is 394 g/mol. The van der Waals surface area contributed by atoms with Gasteiger partial charge >= 0.3 is 0 Å². The summed E-state index contributed by atoms with van der Waals surface area (Å²) >= 11 is 0. The van der Waals surface area contributed by atoms with Crippen LogP contribution in [0.15, 0.2) is 41.4 Å². The normalized spacial score (nSPS) is 11.3. The molecule has 1 amide bonds. The molecule has 1 aromatic heterocycles. The average molecular weight is 422 g/mol. The van der Waals surface area contributed by atoms with Crippen LogP contribution in [0, 0.1) is 0 Å². The molecule has 0 bridgehead atoms. The van der Waals surface area contributed by atoms with Crippen LogP contribution in [0.4, 0.5) is 5.69 Å². The number of sulfonamides is 1. The molecule has 0 unspecified atom stereocenters. The molecule has 0 spiro atoms. The maximum Gasteiger partial charge on any atom is 0.261 e. The lowest BCUT2D eigenvalue weighted by atomic mass is 10.2. The van der Waals surface area contributed by atoms with Crippen molar-refractivity contribution in [2.24, 2.45) is 0 Å². The number of ether oxygens (including phenoxy) is 2. The van der Waals surface area contributed by atoms with Gasteiger partial charge in [-0.2, -0.15) is 4.31 Å². The Labute approximate surface area is 171 Å². The highest BCUT2D eigenvalue weighted by Gasteiger charge is 2.24. The van der Waals surface area contributed by atoms with Crippen LogP contribution in [0.25, 0.3) is 0 Å². The predicted octanol–water partition coefficient (Wildman–Crippen LogP) is 3.16. The molecule has 0 radical (unpaired) electrons. The molecule has 2 aromatic rings. The van der Waals surface area contributed by atoms with Crippen LogP contribution in [0.1, 0.15) is 38.1 Å². The van der Waals surface area contributed by atoms with Gasteiger partial charge in [-0.3, -0.25) is 4.79 Å². The van der Waals surface area contributed by atoms with Crippen molar-refractivity contribution in [2.75, 3.05) is 31.6 Å². The number of carbonyl (C=O) groups is 1. The van der Waals surface area contributed by atoms with E-state index >= 15 is 0 Å². The van der Waals surface area contributed by atoms with Crippen molar-refractivity contribution in [3.63, 3.8) is 0 Å². The van der Waals surface area contributed by atoms with Gasteiger partial charge in [-0.15, -0.1) is 0 Å². The van der Waals surface area contributed by atoms with Gasteiger partial charge in [-0.25, -0.2) is 13.4 Å². The third kappa shape index (κ3) is 5.24. The maximum atomic E-state index is 12.9. The molecule has 2 rings (SSSR count). The van der Waals surface area contributed by atoms with E-state index in [9.17, 15) is 13.2 Å². The number of aromatic nitrogens is 1. The highest BCUT2D eigenvalue weighted by molar-refractivity contribution is 7.89. The van der Waals surface area contributed by atoms with Crippen molar-refractivity contribution in [2.45, 2.75) is 32.6 Å². The minimum absolute atomic E-state index is 0.0798. The molecule has 0 aliphatic rings. The van der Waals surface area contributed by atoms with Gasteiger partial charge in [0.05, 0.1) is 23.8 Å². The number of benzene rings is 1. The van der Waals surface area contributed by atoms with Gasteiger partial charge in [0, 0.05) is 19.3 Å². The second-order valence-electron chi connectivity index (χ2n) is 5.92. The minimum atomic E-state index is -3.68. The molecule has 1 heterocycles. The van der Waals surface area contributed by atoms with Crippen molar-refractivity contribution in [1.82, 2.24) is 9.29 Å². The van der Waals surface area contributed by atoms with Crippen LogP contribution >= 0.6 is 0 Å². The van der Waals surface area contributed by atoms with E-state index in [2.05, 4.69) is 10.3 Å². The molecule has 0 aliphatic heterocycles. The first-order chi connectivity index (χ1) is 13.9. The van der Waals surface area contributed by atoms with Crippen molar-refractivity contribution >= 4 is 21.6 Å². The smallest absolute Gasteiger partial charge is 0.261 e. The Kier molecular flexibility index (Phi) is 7.98. The number of hydrogen-bond acceptors (Lipinski definition) is 6. The summed E-state index contributed by atoms with van der Waals surface area (Å²) in [6, 6.07) is 7.64. The molecule has 8 nitrogen and oxygen atoms in total. The lowest BCUT2D eigenvalue weighted by molar-refractivity contribution is 0.102. The second kappa shape index (κ2) is 10.2. The zero-order valence-corrected chi connectivity index (χ0v) is 18.0. The molecule has 29 heavy (non-hydrogen) atoms. The number of carbonyl (C=O) groups excluding carboxylic acids is 1. The van der Waals surface area contributed by atoms with Crippen molar-refractivity contribution in [3.8, 4) is 11.6 Å². The number of anilines is 1. The Balaban J connectivity index is 2.44. The minimum Gasteiger partial charge on any atom is -0.492 e. The molecule has 0 fully saturated rings. The lowest BCUT2D eigenvalue weighted by Gasteiger charge is -2.20. The Bertz CT molecular complexity index is 943. The van der Waals surface area contributed by atoms with E-state index in [4.69, 9.17) is 9.47 Å². The second-order valence-corrected chi connectivity index (χ2v) is 7.86. The van der Waals surface area contributed by atoms with Gasteiger partial charge in [0.25, 0.3) is 5.91 Å². The highest BCUT2D eigenvalue weighted by Crippen LogP contribution is 2.30.